The fraction of sp³-hybridized carbons (Fsp3) is 0.0357. The summed E-state index contributed by atoms with van der Waals surface area (Å²) in [5.41, 5.74) is 0.686. The molecule has 6 rings (SSSR count). The van der Waals surface area contributed by atoms with Gasteiger partial charge in [0, 0.05) is 16.3 Å². The molecule has 4 heteroatoms. The molecular weight excluding hydrogens is 396 g/mol. The number of nitrogens with zero attached hydrogens (tertiary/aromatic N) is 2. The van der Waals surface area contributed by atoms with Crippen molar-refractivity contribution < 1.29 is 14.1 Å². The van der Waals surface area contributed by atoms with Gasteiger partial charge >= 0.3 is 0 Å². The Kier molecular flexibility index (Phi) is 4.29. The van der Waals surface area contributed by atoms with Crippen LogP contribution in [0.1, 0.15) is 10.4 Å². The number of hydrogen-bond acceptors (Lipinski definition) is 3. The molecule has 5 aromatic carbocycles. The Balaban J connectivity index is 1.37. The van der Waals surface area contributed by atoms with E-state index in [0.717, 1.165) is 11.1 Å². The zero-order valence-electron chi connectivity index (χ0n) is 17.2. The average Bonchev–Trinajstić information content (AvgIpc) is 2.84. The van der Waals surface area contributed by atoms with Gasteiger partial charge in [-0.15, -0.1) is 0 Å². The fourth-order valence-electron chi connectivity index (χ4n) is 4.35. The first-order valence-corrected chi connectivity index (χ1v) is 10.5. The highest BCUT2D eigenvalue weighted by Crippen LogP contribution is 2.39. The number of hydrogen-bond donors (Lipinski definition) is 0. The van der Waals surface area contributed by atoms with Crippen molar-refractivity contribution in [3.63, 3.8) is 0 Å². The molecule has 0 radical (unpaired) electrons. The molecule has 0 saturated carbocycles. The minimum atomic E-state index is 0.0375. The van der Waals surface area contributed by atoms with Crippen molar-refractivity contribution in [2.75, 3.05) is 0 Å². The minimum absolute atomic E-state index is 0.0375. The van der Waals surface area contributed by atoms with Crippen molar-refractivity contribution in [2.24, 2.45) is 0 Å². The van der Waals surface area contributed by atoms with Gasteiger partial charge in [0.05, 0.1) is 6.20 Å². The van der Waals surface area contributed by atoms with E-state index in [9.17, 15) is 4.79 Å². The van der Waals surface area contributed by atoms with Gasteiger partial charge in [-0.05, 0) is 33.7 Å². The molecule has 0 spiro atoms. The average molecular weight is 415 g/mol. The normalized spacial score (nSPS) is 11.4. The largest absolute Gasteiger partial charge is 0.434 e. The first-order chi connectivity index (χ1) is 15.8. The van der Waals surface area contributed by atoms with Gasteiger partial charge in [0.25, 0.3) is 5.88 Å². The first-order valence-electron chi connectivity index (χ1n) is 10.5. The number of Topliss-reactive ketones (excluding diaryl/α,β-unsaturated/α-hetero) is 1. The summed E-state index contributed by atoms with van der Waals surface area (Å²) in [6.45, 7) is 0.224. The summed E-state index contributed by atoms with van der Waals surface area (Å²) in [7, 11) is 0. The molecule has 1 aromatic heterocycles. The molecule has 6 aromatic rings. The second-order valence-electron chi connectivity index (χ2n) is 7.88. The smallest absolute Gasteiger partial charge is 0.285 e. The molecule has 0 aliphatic rings. The molecule has 0 fully saturated rings. The highest BCUT2D eigenvalue weighted by Gasteiger charge is 2.16. The zero-order chi connectivity index (χ0) is 21.5. The lowest BCUT2D eigenvalue weighted by Gasteiger charge is -2.13. The van der Waals surface area contributed by atoms with E-state index in [1.807, 2.05) is 36.4 Å². The highest BCUT2D eigenvalue weighted by atomic mass is 16.5. The van der Waals surface area contributed by atoms with Crippen molar-refractivity contribution in [1.82, 2.24) is 4.98 Å². The third-order valence-corrected chi connectivity index (χ3v) is 5.86. The van der Waals surface area contributed by atoms with Crippen LogP contribution in [0, 0.1) is 0 Å². The van der Waals surface area contributed by atoms with Gasteiger partial charge in [0.15, 0.2) is 6.20 Å². The van der Waals surface area contributed by atoms with Crippen LogP contribution in [0.25, 0.3) is 32.3 Å². The summed E-state index contributed by atoms with van der Waals surface area (Å²) in [4.78, 5) is 16.9. The first kappa shape index (κ1) is 18.5. The van der Waals surface area contributed by atoms with Crippen LogP contribution >= 0.6 is 0 Å². The van der Waals surface area contributed by atoms with Gasteiger partial charge in [0.1, 0.15) is 5.75 Å². The van der Waals surface area contributed by atoms with Crippen LogP contribution in [0.15, 0.2) is 104 Å². The highest BCUT2D eigenvalue weighted by molar-refractivity contribution is 6.24. The van der Waals surface area contributed by atoms with Crippen LogP contribution in [0.2, 0.25) is 0 Å². The summed E-state index contributed by atoms with van der Waals surface area (Å²) in [5.74, 6) is 1.23. The lowest BCUT2D eigenvalue weighted by molar-refractivity contribution is -0.683. The number of rotatable bonds is 5. The zero-order valence-corrected chi connectivity index (χ0v) is 17.2. The van der Waals surface area contributed by atoms with Gasteiger partial charge in [0.2, 0.25) is 18.5 Å². The second kappa shape index (κ2) is 7.43. The SMILES string of the molecule is O=C(C[n+]1ccnc(Oc2ccc3ccc4cccc5ccc2c3c45)c1)c1ccccc1. The van der Waals surface area contributed by atoms with Crippen molar-refractivity contribution in [1.29, 1.82) is 0 Å². The maximum Gasteiger partial charge on any atom is 0.285 e. The number of benzene rings is 5. The maximum atomic E-state index is 12.6. The van der Waals surface area contributed by atoms with E-state index in [2.05, 4.69) is 53.5 Å². The van der Waals surface area contributed by atoms with Crippen LogP contribution in [0.4, 0.5) is 0 Å². The molecule has 0 aliphatic carbocycles. The van der Waals surface area contributed by atoms with E-state index in [4.69, 9.17) is 4.74 Å². The Hall–Kier alpha value is -4.31. The number of ketones is 1. The van der Waals surface area contributed by atoms with Crippen molar-refractivity contribution in [2.45, 2.75) is 6.54 Å². The Morgan fingerprint density at radius 2 is 1.50 bits per heavy atom. The predicted molar refractivity (Wildman–Crippen MR) is 125 cm³/mol. The van der Waals surface area contributed by atoms with Crippen molar-refractivity contribution >= 4 is 38.1 Å². The molecule has 0 saturated heterocycles. The molecular formula is C28H19N2O2+. The van der Waals surface area contributed by atoms with Crippen molar-refractivity contribution in [3.8, 4) is 11.6 Å². The molecule has 32 heavy (non-hydrogen) atoms. The van der Waals surface area contributed by atoms with Crippen molar-refractivity contribution in [3.05, 3.63) is 109 Å². The molecule has 0 bridgehead atoms. The van der Waals surface area contributed by atoms with E-state index >= 15 is 0 Å². The van der Waals surface area contributed by atoms with Gasteiger partial charge in [-0.3, -0.25) is 4.79 Å². The molecule has 4 nitrogen and oxygen atoms in total. The standard InChI is InChI=1S/C28H19N2O2/c31-24(19-5-2-1-3-6-19)17-30-16-15-29-26(18-30)32-25-14-12-22-10-9-20-7-4-8-21-11-13-23(25)28(22)27(20)21/h1-16,18H,17H2/q+1. The number of ether oxygens (including phenoxy) is 1. The van der Waals surface area contributed by atoms with E-state index < -0.39 is 0 Å². The Bertz CT molecular complexity index is 1580. The Morgan fingerprint density at radius 3 is 2.31 bits per heavy atom. The molecule has 0 atom stereocenters. The molecule has 0 unspecified atom stereocenters. The Morgan fingerprint density at radius 1 is 0.781 bits per heavy atom. The number of aromatic nitrogens is 2. The van der Waals surface area contributed by atoms with E-state index in [1.54, 1.807) is 23.2 Å². The minimum Gasteiger partial charge on any atom is -0.434 e. The van der Waals surface area contributed by atoms with Crippen LogP contribution in [0.3, 0.4) is 0 Å². The number of carbonyl (C=O) groups excluding carboxylic acids is 1. The van der Waals surface area contributed by atoms with Gasteiger partial charge in [-0.2, -0.15) is 4.57 Å². The van der Waals surface area contributed by atoms with Gasteiger partial charge in [-0.1, -0.05) is 72.8 Å². The van der Waals surface area contributed by atoms with E-state index in [1.165, 1.54) is 26.9 Å². The molecule has 152 valence electrons. The third-order valence-electron chi connectivity index (χ3n) is 5.86. The van der Waals surface area contributed by atoms with Crippen LogP contribution in [-0.2, 0) is 6.54 Å². The summed E-state index contributed by atoms with van der Waals surface area (Å²) < 4.78 is 8.02. The molecule has 1 heterocycles. The topological polar surface area (TPSA) is 43.1 Å². The number of carbonyl (C=O) groups is 1. The third kappa shape index (κ3) is 3.13. The van der Waals surface area contributed by atoms with Crippen LogP contribution in [-0.4, -0.2) is 10.8 Å². The predicted octanol–water partition coefficient (Wildman–Crippen LogP) is 5.94. The molecule has 0 N–H and O–H groups in total. The summed E-state index contributed by atoms with van der Waals surface area (Å²) in [6.07, 6.45) is 5.19. The maximum absolute atomic E-state index is 12.6. The summed E-state index contributed by atoms with van der Waals surface area (Å²) >= 11 is 0. The van der Waals surface area contributed by atoms with E-state index in [0.29, 0.717) is 11.4 Å². The summed E-state index contributed by atoms with van der Waals surface area (Å²) in [6, 6.07) is 28.3. The quantitative estimate of drug-likeness (QED) is 0.199. The fourth-order valence-corrected chi connectivity index (χ4v) is 4.35. The molecule has 0 amide bonds. The van der Waals surface area contributed by atoms with Crippen LogP contribution in [0.5, 0.6) is 11.6 Å². The molecule has 0 aliphatic heterocycles. The van der Waals surface area contributed by atoms with Gasteiger partial charge < -0.3 is 4.74 Å². The van der Waals surface area contributed by atoms with E-state index in [-0.39, 0.29) is 12.3 Å². The lowest BCUT2D eigenvalue weighted by Crippen LogP contribution is -2.37. The Labute approximate surface area is 184 Å². The lowest BCUT2D eigenvalue weighted by atomic mass is 9.94. The van der Waals surface area contributed by atoms with Gasteiger partial charge in [-0.25, -0.2) is 4.98 Å². The second-order valence-corrected chi connectivity index (χ2v) is 7.88. The summed E-state index contributed by atoms with van der Waals surface area (Å²) in [5, 5.41) is 7.10. The monoisotopic (exact) mass is 415 g/mol. The van der Waals surface area contributed by atoms with Crippen LogP contribution < -0.4 is 9.30 Å².